The Morgan fingerprint density at radius 1 is 1.10 bits per heavy atom. The van der Waals surface area contributed by atoms with Gasteiger partial charge in [-0.2, -0.15) is 13.2 Å². The van der Waals surface area contributed by atoms with Crippen molar-refractivity contribution in [3.05, 3.63) is 29.8 Å². The van der Waals surface area contributed by atoms with Gasteiger partial charge in [-0.05, 0) is 50.2 Å². The lowest BCUT2D eigenvalue weighted by Crippen LogP contribution is -2.35. The molecule has 0 heterocycles. The van der Waals surface area contributed by atoms with Crippen molar-refractivity contribution in [3.8, 4) is 5.75 Å². The molecule has 0 saturated heterocycles. The van der Waals surface area contributed by atoms with Gasteiger partial charge in [0.15, 0.2) is 0 Å². The number of thioether (sulfide) groups is 1. The Morgan fingerprint density at radius 3 is 2.20 bits per heavy atom. The van der Waals surface area contributed by atoms with Gasteiger partial charge in [0.1, 0.15) is 5.75 Å². The molecule has 0 amide bonds. The minimum Gasteiger partial charge on any atom is -0.493 e. The maximum Gasteiger partial charge on any atom is 0.441 e. The first-order valence-electron chi connectivity index (χ1n) is 6.33. The van der Waals surface area contributed by atoms with Crippen LogP contribution in [0, 0.1) is 0 Å². The van der Waals surface area contributed by atoms with Crippen LogP contribution in [0.1, 0.15) is 26.3 Å². The van der Waals surface area contributed by atoms with Gasteiger partial charge in [0.2, 0.25) is 0 Å². The summed E-state index contributed by atoms with van der Waals surface area (Å²) in [5.74, 6) is 0.490. The number of ether oxygens (including phenoxy) is 1. The Kier molecular flexibility index (Phi) is 6.20. The quantitative estimate of drug-likeness (QED) is 0.796. The van der Waals surface area contributed by atoms with Crippen LogP contribution in [-0.4, -0.2) is 23.4 Å². The van der Waals surface area contributed by atoms with E-state index in [1.165, 1.54) is 0 Å². The van der Waals surface area contributed by atoms with Gasteiger partial charge in [0.25, 0.3) is 0 Å². The maximum absolute atomic E-state index is 11.9. The van der Waals surface area contributed by atoms with Crippen LogP contribution in [0.5, 0.6) is 5.75 Å². The highest BCUT2D eigenvalue weighted by Gasteiger charge is 2.27. The van der Waals surface area contributed by atoms with Crippen LogP contribution >= 0.6 is 11.8 Å². The summed E-state index contributed by atoms with van der Waals surface area (Å²) < 4.78 is 41.0. The van der Waals surface area contributed by atoms with E-state index in [1.807, 2.05) is 12.1 Å². The van der Waals surface area contributed by atoms with Gasteiger partial charge in [-0.1, -0.05) is 12.1 Å². The molecule has 0 spiro atoms. The second kappa shape index (κ2) is 7.22. The van der Waals surface area contributed by atoms with Crippen molar-refractivity contribution >= 4 is 11.8 Å². The molecule has 0 unspecified atom stereocenters. The Morgan fingerprint density at radius 2 is 1.70 bits per heavy atom. The fraction of sp³-hybridized carbons (Fsp3) is 0.571. The van der Waals surface area contributed by atoms with Crippen LogP contribution in [0.15, 0.2) is 24.3 Å². The first kappa shape index (κ1) is 17.2. The van der Waals surface area contributed by atoms with Gasteiger partial charge in [-0.15, -0.1) is 0 Å². The zero-order valence-electron chi connectivity index (χ0n) is 11.9. The number of rotatable bonds is 6. The Labute approximate surface area is 122 Å². The highest BCUT2D eigenvalue weighted by molar-refractivity contribution is 8.00. The van der Waals surface area contributed by atoms with E-state index in [9.17, 15) is 13.2 Å². The predicted molar refractivity (Wildman–Crippen MR) is 77.0 cm³/mol. The molecule has 20 heavy (non-hydrogen) atoms. The summed E-state index contributed by atoms with van der Waals surface area (Å²) in [5.41, 5.74) is -3.03. The van der Waals surface area contributed by atoms with Crippen molar-refractivity contribution in [1.29, 1.82) is 0 Å². The topological polar surface area (TPSA) is 21.3 Å². The Bertz CT molecular complexity index is 398. The molecule has 6 heteroatoms. The second-order valence-electron chi connectivity index (χ2n) is 5.39. The van der Waals surface area contributed by atoms with Crippen LogP contribution in [0.25, 0.3) is 0 Å². The smallest absolute Gasteiger partial charge is 0.441 e. The standard InChI is InChI=1S/C14H20F3NOS/c1-13(2,3)18-10-11-4-6-12(7-5-11)19-8-9-20-14(15,16)17/h4-7,18H,8-10H2,1-3H3. The molecule has 0 atom stereocenters. The molecule has 0 radical (unpaired) electrons. The van der Waals surface area contributed by atoms with Crippen LogP contribution in [0.3, 0.4) is 0 Å². The maximum atomic E-state index is 11.9. The third kappa shape index (κ3) is 8.32. The Hall–Kier alpha value is -0.880. The Balaban J connectivity index is 2.32. The number of hydrogen-bond acceptors (Lipinski definition) is 3. The molecule has 1 N–H and O–H groups in total. The predicted octanol–water partition coefficient (Wildman–Crippen LogP) is 4.21. The van der Waals surface area contributed by atoms with Gasteiger partial charge < -0.3 is 10.1 Å². The molecule has 1 aromatic carbocycles. The normalized spacial score (nSPS) is 12.5. The largest absolute Gasteiger partial charge is 0.493 e. The molecule has 0 bridgehead atoms. The highest BCUT2D eigenvalue weighted by atomic mass is 32.2. The van der Waals surface area contributed by atoms with E-state index >= 15 is 0 Å². The summed E-state index contributed by atoms with van der Waals surface area (Å²) in [4.78, 5) is 0. The molecule has 0 aliphatic heterocycles. The van der Waals surface area contributed by atoms with Crippen LogP contribution in [0.4, 0.5) is 13.2 Å². The summed E-state index contributed by atoms with van der Waals surface area (Å²) in [6, 6.07) is 7.37. The molecule has 1 aromatic rings. The monoisotopic (exact) mass is 307 g/mol. The summed E-state index contributed by atoms with van der Waals surface area (Å²) in [5, 5.41) is 3.36. The minimum absolute atomic E-state index is 0.0454. The summed E-state index contributed by atoms with van der Waals surface area (Å²) >= 11 is -0.0682. The van der Waals surface area contributed by atoms with Crippen molar-refractivity contribution in [3.63, 3.8) is 0 Å². The molecule has 0 aromatic heterocycles. The average Bonchev–Trinajstić information content (AvgIpc) is 2.31. The molecule has 2 nitrogen and oxygen atoms in total. The molecular weight excluding hydrogens is 287 g/mol. The van der Waals surface area contributed by atoms with E-state index in [2.05, 4.69) is 26.1 Å². The van der Waals surface area contributed by atoms with Gasteiger partial charge in [-0.25, -0.2) is 0 Å². The van der Waals surface area contributed by atoms with Crippen LogP contribution < -0.4 is 10.1 Å². The van der Waals surface area contributed by atoms with Gasteiger partial charge in [0.05, 0.1) is 6.61 Å². The molecule has 0 aliphatic rings. The number of benzene rings is 1. The van der Waals surface area contributed by atoms with Crippen molar-refractivity contribution in [2.75, 3.05) is 12.4 Å². The molecule has 114 valence electrons. The molecular formula is C14H20F3NOS. The number of halogens is 3. The second-order valence-corrected chi connectivity index (χ2v) is 6.55. The minimum atomic E-state index is -4.19. The number of alkyl halides is 3. The third-order valence-electron chi connectivity index (χ3n) is 2.36. The fourth-order valence-corrected chi connectivity index (χ4v) is 1.79. The zero-order chi connectivity index (χ0) is 15.2. The van der Waals surface area contributed by atoms with Crippen molar-refractivity contribution < 1.29 is 17.9 Å². The zero-order valence-corrected chi connectivity index (χ0v) is 12.7. The van der Waals surface area contributed by atoms with Crippen LogP contribution in [0.2, 0.25) is 0 Å². The molecule has 0 saturated carbocycles. The lowest BCUT2D eigenvalue weighted by Gasteiger charge is -2.20. The average molecular weight is 307 g/mol. The summed E-state index contributed by atoms with van der Waals surface area (Å²) in [6.45, 7) is 7.05. The van der Waals surface area contributed by atoms with Crippen molar-refractivity contribution in [1.82, 2.24) is 5.32 Å². The van der Waals surface area contributed by atoms with Gasteiger partial charge >= 0.3 is 5.51 Å². The highest BCUT2D eigenvalue weighted by Crippen LogP contribution is 2.29. The van der Waals surface area contributed by atoms with Crippen molar-refractivity contribution in [2.24, 2.45) is 0 Å². The number of hydrogen-bond donors (Lipinski definition) is 1. The third-order valence-corrected chi connectivity index (χ3v) is 3.06. The van der Waals surface area contributed by atoms with E-state index < -0.39 is 5.51 Å². The first-order valence-corrected chi connectivity index (χ1v) is 7.32. The van der Waals surface area contributed by atoms with Crippen LogP contribution in [-0.2, 0) is 6.54 Å². The molecule has 0 fully saturated rings. The molecule has 0 aliphatic carbocycles. The van der Waals surface area contributed by atoms with E-state index in [-0.39, 0.29) is 29.7 Å². The van der Waals surface area contributed by atoms with E-state index in [0.717, 1.165) is 12.1 Å². The van der Waals surface area contributed by atoms with Crippen molar-refractivity contribution in [2.45, 2.75) is 38.4 Å². The fourth-order valence-electron chi connectivity index (χ4n) is 1.39. The number of nitrogens with one attached hydrogen (secondary N) is 1. The van der Waals surface area contributed by atoms with E-state index in [4.69, 9.17) is 4.74 Å². The van der Waals surface area contributed by atoms with Gasteiger partial charge in [0, 0.05) is 17.8 Å². The summed E-state index contributed by atoms with van der Waals surface area (Å²) in [7, 11) is 0. The lowest BCUT2D eigenvalue weighted by molar-refractivity contribution is -0.0329. The van der Waals surface area contributed by atoms with E-state index in [0.29, 0.717) is 5.75 Å². The molecule has 1 rings (SSSR count). The first-order chi connectivity index (χ1) is 9.16. The summed E-state index contributed by atoms with van der Waals surface area (Å²) in [6.07, 6.45) is 0. The lowest BCUT2D eigenvalue weighted by atomic mass is 10.1. The SMILES string of the molecule is CC(C)(C)NCc1ccc(OCCSC(F)(F)F)cc1. The van der Waals surface area contributed by atoms with Gasteiger partial charge in [-0.3, -0.25) is 0 Å². The van der Waals surface area contributed by atoms with E-state index in [1.54, 1.807) is 12.1 Å².